The number of hydrogen-bond acceptors (Lipinski definition) is 4. The smallest absolute Gasteiger partial charge is 0.360 e. The molecule has 0 aliphatic rings. The molecule has 0 N–H and O–H groups in total. The monoisotopic (exact) mass is 375 g/mol. The quantitative estimate of drug-likeness (QED) is 0.594. The van der Waals surface area contributed by atoms with Gasteiger partial charge < -0.3 is 4.74 Å². The van der Waals surface area contributed by atoms with Crippen molar-refractivity contribution in [3.63, 3.8) is 0 Å². The Kier molecular flexibility index (Phi) is 5.30. The molecule has 0 amide bonds. The molecule has 1 heterocycles. The van der Waals surface area contributed by atoms with Crippen molar-refractivity contribution in [3.05, 3.63) is 45.4 Å². The summed E-state index contributed by atoms with van der Waals surface area (Å²) in [4.78, 5) is 11.7. The summed E-state index contributed by atoms with van der Waals surface area (Å²) in [7, 11) is 0. The lowest BCUT2D eigenvalue weighted by atomic mass is 10.2. The van der Waals surface area contributed by atoms with E-state index >= 15 is 0 Å². The van der Waals surface area contributed by atoms with E-state index in [9.17, 15) is 9.18 Å². The van der Waals surface area contributed by atoms with E-state index in [1.807, 2.05) is 0 Å². The predicted molar refractivity (Wildman–Crippen MR) is 78.7 cm³/mol. The first-order valence-corrected chi connectivity index (χ1v) is 7.49. The van der Waals surface area contributed by atoms with Crippen LogP contribution in [0.3, 0.4) is 0 Å². The van der Waals surface area contributed by atoms with Crippen molar-refractivity contribution in [1.29, 1.82) is 0 Å². The molecule has 0 saturated carbocycles. The molecule has 1 aromatic heterocycles. The minimum Gasteiger partial charge on any atom is -0.461 e. The summed E-state index contributed by atoms with van der Waals surface area (Å²) in [5.74, 6) is -0.892. The van der Waals surface area contributed by atoms with Crippen LogP contribution in [0.4, 0.5) is 4.39 Å². The topological polar surface area (TPSA) is 57.0 Å². The van der Waals surface area contributed by atoms with Gasteiger partial charge >= 0.3 is 5.97 Å². The number of hydrogen-bond donors (Lipinski definition) is 0. The second-order valence-electron chi connectivity index (χ2n) is 4.11. The van der Waals surface area contributed by atoms with Crippen LogP contribution in [-0.2, 0) is 17.2 Å². The largest absolute Gasteiger partial charge is 0.461 e. The number of carbonyl (C=O) groups is 1. The van der Waals surface area contributed by atoms with Gasteiger partial charge in [-0.05, 0) is 34.5 Å². The van der Waals surface area contributed by atoms with Crippen LogP contribution in [0.25, 0.3) is 0 Å². The Balaban J connectivity index is 2.33. The number of benzene rings is 1. The summed E-state index contributed by atoms with van der Waals surface area (Å²) < 4.78 is 20.2. The molecule has 0 spiro atoms. The van der Waals surface area contributed by atoms with Crippen molar-refractivity contribution < 1.29 is 13.9 Å². The number of carbonyl (C=O) groups excluding carboxylic acids is 1. The van der Waals surface area contributed by atoms with E-state index < -0.39 is 5.97 Å². The Hall–Kier alpha value is -1.47. The molecular formula is C13H12BrClFN3O2. The molecule has 0 aliphatic carbocycles. The lowest BCUT2D eigenvalue weighted by molar-refractivity contribution is 0.0518. The van der Waals surface area contributed by atoms with Gasteiger partial charge in [0, 0.05) is 0 Å². The Labute approximate surface area is 134 Å². The zero-order chi connectivity index (χ0) is 15.4. The van der Waals surface area contributed by atoms with Gasteiger partial charge in [-0.15, -0.1) is 16.7 Å². The maximum absolute atomic E-state index is 13.5. The van der Waals surface area contributed by atoms with E-state index in [0.717, 1.165) is 0 Å². The van der Waals surface area contributed by atoms with Gasteiger partial charge in [-0.25, -0.2) is 13.9 Å². The Morgan fingerprint density at radius 3 is 2.95 bits per heavy atom. The first-order chi connectivity index (χ1) is 10.1. The molecule has 0 atom stereocenters. The second-order valence-corrected chi connectivity index (χ2v) is 5.17. The van der Waals surface area contributed by atoms with Gasteiger partial charge in [-0.1, -0.05) is 17.3 Å². The molecule has 1 aromatic carbocycles. The third-order valence-corrected chi connectivity index (χ3v) is 3.93. The molecule has 2 rings (SSSR count). The summed E-state index contributed by atoms with van der Waals surface area (Å²) in [6.45, 7) is 2.18. The van der Waals surface area contributed by atoms with E-state index in [2.05, 4.69) is 26.2 Å². The third kappa shape index (κ3) is 3.41. The van der Waals surface area contributed by atoms with E-state index in [1.54, 1.807) is 19.1 Å². The fourth-order valence-electron chi connectivity index (χ4n) is 1.78. The van der Waals surface area contributed by atoms with Crippen LogP contribution in [0.5, 0.6) is 0 Å². The number of esters is 1. The highest BCUT2D eigenvalue weighted by molar-refractivity contribution is 9.10. The fourth-order valence-corrected chi connectivity index (χ4v) is 2.44. The highest BCUT2D eigenvalue weighted by Crippen LogP contribution is 2.22. The molecule has 8 heteroatoms. The highest BCUT2D eigenvalue weighted by atomic mass is 79.9. The highest BCUT2D eigenvalue weighted by Gasteiger charge is 2.20. The number of aromatic nitrogens is 3. The third-order valence-electron chi connectivity index (χ3n) is 2.78. The van der Waals surface area contributed by atoms with Crippen molar-refractivity contribution in [1.82, 2.24) is 15.0 Å². The van der Waals surface area contributed by atoms with Gasteiger partial charge in [0.25, 0.3) is 0 Å². The first-order valence-electron chi connectivity index (χ1n) is 6.16. The van der Waals surface area contributed by atoms with Gasteiger partial charge in [0.2, 0.25) is 0 Å². The number of ether oxygens (including phenoxy) is 1. The lowest BCUT2D eigenvalue weighted by Gasteiger charge is -2.08. The summed E-state index contributed by atoms with van der Waals surface area (Å²) in [5, 5.41) is 7.69. The lowest BCUT2D eigenvalue weighted by Crippen LogP contribution is -2.11. The zero-order valence-corrected chi connectivity index (χ0v) is 13.5. The maximum atomic E-state index is 13.5. The van der Waals surface area contributed by atoms with Gasteiger partial charge in [0.05, 0.1) is 29.2 Å². The molecule has 21 heavy (non-hydrogen) atoms. The van der Waals surface area contributed by atoms with Crippen LogP contribution in [-0.4, -0.2) is 27.6 Å². The average Bonchev–Trinajstić information content (AvgIpc) is 2.87. The number of alkyl halides is 1. The van der Waals surface area contributed by atoms with Crippen molar-refractivity contribution in [3.8, 4) is 0 Å². The molecule has 5 nitrogen and oxygen atoms in total. The summed E-state index contributed by atoms with van der Waals surface area (Å²) in [6.07, 6.45) is 0. The molecule has 0 aliphatic heterocycles. The molecule has 0 saturated heterocycles. The van der Waals surface area contributed by atoms with Crippen LogP contribution < -0.4 is 0 Å². The summed E-state index contributed by atoms with van der Waals surface area (Å²) in [5.41, 5.74) is 1.19. The SMILES string of the molecule is CCOC(=O)c1nnn(Cc2cccc(F)c2Br)c1CCl. The number of rotatable bonds is 5. The minimum absolute atomic E-state index is 0.0497. The molecule has 112 valence electrons. The Morgan fingerprint density at radius 1 is 1.52 bits per heavy atom. The van der Waals surface area contributed by atoms with Crippen molar-refractivity contribution >= 4 is 33.5 Å². The van der Waals surface area contributed by atoms with Crippen LogP contribution in [0, 0.1) is 5.82 Å². The van der Waals surface area contributed by atoms with E-state index in [0.29, 0.717) is 15.7 Å². The molecule has 0 radical (unpaired) electrons. The Bertz CT molecular complexity index is 663. The normalized spacial score (nSPS) is 10.7. The Morgan fingerprint density at radius 2 is 2.29 bits per heavy atom. The second kappa shape index (κ2) is 7.00. The summed E-state index contributed by atoms with van der Waals surface area (Å²) >= 11 is 9.05. The van der Waals surface area contributed by atoms with E-state index in [4.69, 9.17) is 16.3 Å². The van der Waals surface area contributed by atoms with Gasteiger partial charge in [-0.3, -0.25) is 0 Å². The fraction of sp³-hybridized carbons (Fsp3) is 0.308. The van der Waals surface area contributed by atoms with E-state index in [-0.39, 0.29) is 30.5 Å². The maximum Gasteiger partial charge on any atom is 0.360 e. The molecule has 0 fully saturated rings. The predicted octanol–water partition coefficient (Wildman–Crippen LogP) is 3.14. The van der Waals surface area contributed by atoms with Gasteiger partial charge in [0.1, 0.15) is 5.82 Å². The van der Waals surface area contributed by atoms with Crippen LogP contribution in [0.1, 0.15) is 28.7 Å². The van der Waals surface area contributed by atoms with Crippen molar-refractivity contribution in [2.45, 2.75) is 19.3 Å². The summed E-state index contributed by atoms with van der Waals surface area (Å²) in [6, 6.07) is 4.69. The number of nitrogens with zero attached hydrogens (tertiary/aromatic N) is 3. The first kappa shape index (κ1) is 15.9. The molecule has 0 bridgehead atoms. The molecular weight excluding hydrogens is 365 g/mol. The zero-order valence-electron chi connectivity index (χ0n) is 11.1. The van der Waals surface area contributed by atoms with Crippen molar-refractivity contribution in [2.75, 3.05) is 6.61 Å². The van der Waals surface area contributed by atoms with Crippen molar-refractivity contribution in [2.24, 2.45) is 0 Å². The van der Waals surface area contributed by atoms with Crippen LogP contribution in [0.2, 0.25) is 0 Å². The standard InChI is InChI=1S/C13H12BrClFN3O2/c1-2-21-13(20)12-10(6-15)19(18-17-12)7-8-4-3-5-9(16)11(8)14/h3-5H,2,6-7H2,1H3. The van der Waals surface area contributed by atoms with Gasteiger partial charge in [-0.2, -0.15) is 0 Å². The minimum atomic E-state index is -0.572. The van der Waals surface area contributed by atoms with Crippen LogP contribution in [0.15, 0.2) is 22.7 Å². The molecule has 0 unspecified atom stereocenters. The van der Waals surface area contributed by atoms with Gasteiger partial charge in [0.15, 0.2) is 5.69 Å². The van der Waals surface area contributed by atoms with E-state index in [1.165, 1.54) is 10.7 Å². The van der Waals surface area contributed by atoms with Crippen LogP contribution >= 0.6 is 27.5 Å². The number of halogens is 3. The average molecular weight is 377 g/mol. The molecule has 2 aromatic rings.